The number of nitrogens with zero attached hydrogens (tertiary/aromatic N) is 3. The molecule has 10 nitrogen and oxygen atoms in total. The molecule has 3 aromatic rings. The molecule has 0 saturated heterocycles. The SMILES string of the molecule is C=CC(=O)N(CCNC(=O)OC(C)(C)C)c1ccc(-c2cc(-c3cc4c([nH]3)CCNC4=O)ccn2)cn1. The number of anilines is 1. The highest BCUT2D eigenvalue weighted by Crippen LogP contribution is 2.27. The number of hydrogen-bond acceptors (Lipinski definition) is 6. The predicted molar refractivity (Wildman–Crippen MR) is 140 cm³/mol. The molecule has 4 heterocycles. The minimum absolute atomic E-state index is 0.0715. The molecule has 0 saturated carbocycles. The summed E-state index contributed by atoms with van der Waals surface area (Å²) in [5, 5.41) is 5.50. The van der Waals surface area contributed by atoms with Crippen molar-refractivity contribution in [1.82, 2.24) is 25.6 Å². The van der Waals surface area contributed by atoms with Crippen LogP contribution in [0.4, 0.5) is 10.6 Å². The quantitative estimate of drug-likeness (QED) is 0.424. The van der Waals surface area contributed by atoms with E-state index in [-0.39, 0.29) is 24.9 Å². The maximum absolute atomic E-state index is 12.5. The zero-order valence-electron chi connectivity index (χ0n) is 21.1. The van der Waals surface area contributed by atoms with Gasteiger partial charge in [0.05, 0.1) is 11.3 Å². The third-order valence-electron chi connectivity index (χ3n) is 5.64. The first-order chi connectivity index (χ1) is 17.6. The number of H-pyrrole nitrogens is 1. The number of aromatic nitrogens is 3. The number of ether oxygens (including phenoxy) is 1. The molecule has 0 fully saturated rings. The van der Waals surface area contributed by atoms with E-state index >= 15 is 0 Å². The maximum atomic E-state index is 12.5. The van der Waals surface area contributed by atoms with Gasteiger partial charge in [0.15, 0.2) is 0 Å². The number of aromatic amines is 1. The van der Waals surface area contributed by atoms with Crippen LogP contribution in [0.3, 0.4) is 0 Å². The van der Waals surface area contributed by atoms with Crippen LogP contribution < -0.4 is 15.5 Å². The van der Waals surface area contributed by atoms with Crippen molar-refractivity contribution in [2.24, 2.45) is 0 Å². The van der Waals surface area contributed by atoms with Crippen LogP contribution in [0.1, 0.15) is 36.8 Å². The fourth-order valence-corrected chi connectivity index (χ4v) is 3.93. The predicted octanol–water partition coefficient (Wildman–Crippen LogP) is 3.47. The van der Waals surface area contributed by atoms with Crippen molar-refractivity contribution in [3.63, 3.8) is 0 Å². The minimum Gasteiger partial charge on any atom is -0.444 e. The molecular weight excluding hydrogens is 472 g/mol. The van der Waals surface area contributed by atoms with Crippen LogP contribution in [0.15, 0.2) is 55.4 Å². The van der Waals surface area contributed by atoms with Crippen LogP contribution in [-0.4, -0.2) is 58.1 Å². The van der Waals surface area contributed by atoms with Gasteiger partial charge in [-0.15, -0.1) is 0 Å². The molecule has 3 amide bonds. The summed E-state index contributed by atoms with van der Waals surface area (Å²) in [6.07, 6.45) is 4.74. The Morgan fingerprint density at radius 3 is 2.68 bits per heavy atom. The van der Waals surface area contributed by atoms with Crippen molar-refractivity contribution in [3.05, 3.63) is 66.6 Å². The van der Waals surface area contributed by atoms with Crippen LogP contribution in [0, 0.1) is 0 Å². The number of hydrogen-bond donors (Lipinski definition) is 3. The fourth-order valence-electron chi connectivity index (χ4n) is 3.93. The number of carbonyl (C=O) groups is 3. The van der Waals surface area contributed by atoms with E-state index in [0.29, 0.717) is 23.6 Å². The second kappa shape index (κ2) is 10.7. The number of pyridine rings is 2. The molecule has 3 aromatic heterocycles. The summed E-state index contributed by atoms with van der Waals surface area (Å²) in [7, 11) is 0. The molecule has 3 N–H and O–H groups in total. The van der Waals surface area contributed by atoms with E-state index < -0.39 is 11.7 Å². The van der Waals surface area contributed by atoms with Crippen molar-refractivity contribution in [2.45, 2.75) is 32.8 Å². The normalized spacial score (nSPS) is 12.8. The maximum Gasteiger partial charge on any atom is 0.407 e. The molecule has 0 spiro atoms. The van der Waals surface area contributed by atoms with Crippen LogP contribution >= 0.6 is 0 Å². The highest BCUT2D eigenvalue weighted by atomic mass is 16.6. The number of nitrogens with one attached hydrogen (secondary N) is 3. The van der Waals surface area contributed by atoms with Crippen molar-refractivity contribution in [1.29, 1.82) is 0 Å². The highest BCUT2D eigenvalue weighted by molar-refractivity contribution is 6.00. The van der Waals surface area contributed by atoms with E-state index in [1.807, 2.05) is 24.3 Å². The Morgan fingerprint density at radius 2 is 2.00 bits per heavy atom. The summed E-state index contributed by atoms with van der Waals surface area (Å²) < 4.78 is 5.23. The molecule has 10 heteroatoms. The molecule has 0 unspecified atom stereocenters. The molecular formula is C27H30N6O4. The van der Waals surface area contributed by atoms with Crippen molar-refractivity contribution in [3.8, 4) is 22.5 Å². The summed E-state index contributed by atoms with van der Waals surface area (Å²) in [5.41, 5.74) is 4.18. The molecule has 0 aromatic carbocycles. The van der Waals surface area contributed by atoms with Gasteiger partial charge >= 0.3 is 6.09 Å². The average molecular weight is 503 g/mol. The third-order valence-corrected chi connectivity index (χ3v) is 5.64. The molecule has 0 radical (unpaired) electrons. The minimum atomic E-state index is -0.613. The molecule has 4 rings (SSSR count). The Morgan fingerprint density at radius 1 is 1.19 bits per heavy atom. The van der Waals surface area contributed by atoms with E-state index in [1.54, 1.807) is 39.2 Å². The lowest BCUT2D eigenvalue weighted by atomic mass is 10.1. The summed E-state index contributed by atoms with van der Waals surface area (Å²) in [4.78, 5) is 50.2. The molecule has 0 atom stereocenters. The second-order valence-corrected chi connectivity index (χ2v) is 9.54. The van der Waals surface area contributed by atoms with E-state index in [0.717, 1.165) is 28.9 Å². The van der Waals surface area contributed by atoms with Crippen molar-refractivity contribution < 1.29 is 19.1 Å². The number of amides is 3. The molecule has 1 aliphatic rings. The summed E-state index contributed by atoms with van der Waals surface area (Å²) >= 11 is 0. The molecule has 1 aliphatic heterocycles. The van der Waals surface area contributed by atoms with E-state index in [1.165, 1.54) is 11.0 Å². The number of alkyl carbamates (subject to hydrolysis) is 1. The zero-order valence-corrected chi connectivity index (χ0v) is 21.1. The smallest absolute Gasteiger partial charge is 0.407 e. The molecule has 0 aliphatic carbocycles. The van der Waals surface area contributed by atoms with Gasteiger partial charge in [0.2, 0.25) is 0 Å². The van der Waals surface area contributed by atoms with E-state index in [2.05, 4.69) is 32.2 Å². The fraction of sp³-hybridized carbons (Fsp3) is 0.296. The lowest BCUT2D eigenvalue weighted by Gasteiger charge is -2.22. The lowest BCUT2D eigenvalue weighted by molar-refractivity contribution is -0.114. The first-order valence-electron chi connectivity index (χ1n) is 12.0. The van der Waals surface area contributed by atoms with Gasteiger partial charge in [0.1, 0.15) is 11.4 Å². The lowest BCUT2D eigenvalue weighted by Crippen LogP contribution is -2.40. The Labute approximate surface area is 215 Å². The largest absolute Gasteiger partial charge is 0.444 e. The first-order valence-corrected chi connectivity index (χ1v) is 12.0. The second-order valence-electron chi connectivity index (χ2n) is 9.54. The van der Waals surface area contributed by atoms with Gasteiger partial charge in [-0.3, -0.25) is 19.5 Å². The standard InChI is InChI=1S/C27H30N6O4/c1-5-24(34)33(13-12-30-26(36)37-27(2,3)4)23-7-6-18(16-31-23)21-14-17(8-10-28-21)22-15-19-20(32-22)9-11-29-25(19)35/h5-8,10,14-16,32H,1,9,11-13H2,2-4H3,(H,29,35)(H,30,36). The Hall–Kier alpha value is -4.47. The van der Waals surface area contributed by atoms with Crippen molar-refractivity contribution in [2.75, 3.05) is 24.5 Å². The first kappa shape index (κ1) is 25.6. The zero-order chi connectivity index (χ0) is 26.6. The van der Waals surface area contributed by atoms with Crippen LogP contribution in [-0.2, 0) is 16.0 Å². The molecule has 37 heavy (non-hydrogen) atoms. The molecule has 192 valence electrons. The number of fused-ring (bicyclic) bond motifs is 1. The van der Waals surface area contributed by atoms with Crippen LogP contribution in [0.25, 0.3) is 22.5 Å². The van der Waals surface area contributed by atoms with Gasteiger partial charge in [-0.05, 0) is 57.2 Å². The highest BCUT2D eigenvalue weighted by Gasteiger charge is 2.21. The Balaban J connectivity index is 1.48. The summed E-state index contributed by atoms with van der Waals surface area (Å²) in [6.45, 7) is 9.88. The van der Waals surface area contributed by atoms with Gasteiger partial charge in [-0.2, -0.15) is 0 Å². The number of rotatable bonds is 7. The van der Waals surface area contributed by atoms with Crippen LogP contribution in [0.2, 0.25) is 0 Å². The van der Waals surface area contributed by atoms with E-state index in [4.69, 9.17) is 4.74 Å². The average Bonchev–Trinajstić information content (AvgIpc) is 3.31. The monoisotopic (exact) mass is 502 g/mol. The van der Waals surface area contributed by atoms with Gasteiger partial charge in [-0.25, -0.2) is 9.78 Å². The molecule has 0 bridgehead atoms. The van der Waals surface area contributed by atoms with Crippen molar-refractivity contribution >= 4 is 23.7 Å². The topological polar surface area (TPSA) is 129 Å². The van der Waals surface area contributed by atoms with Gasteiger partial charge in [-0.1, -0.05) is 6.58 Å². The Bertz CT molecular complexity index is 1320. The summed E-state index contributed by atoms with van der Waals surface area (Å²) in [6, 6.07) is 9.20. The van der Waals surface area contributed by atoms with Gasteiger partial charge in [0.25, 0.3) is 11.8 Å². The number of carbonyl (C=O) groups excluding carboxylic acids is 3. The van der Waals surface area contributed by atoms with Gasteiger partial charge < -0.3 is 20.4 Å². The van der Waals surface area contributed by atoms with E-state index in [9.17, 15) is 14.4 Å². The van der Waals surface area contributed by atoms with Gasteiger partial charge in [0, 0.05) is 61.0 Å². The van der Waals surface area contributed by atoms with Crippen LogP contribution in [0.5, 0.6) is 0 Å². The third kappa shape index (κ3) is 6.21. The summed E-state index contributed by atoms with van der Waals surface area (Å²) in [5.74, 6) is 0.00250. The Kier molecular flexibility index (Phi) is 7.37.